The number of ketones is 1. The van der Waals surface area contributed by atoms with Crippen molar-refractivity contribution in [3.05, 3.63) is 148 Å². The summed E-state index contributed by atoms with van der Waals surface area (Å²) < 4.78 is 39.3. The van der Waals surface area contributed by atoms with Gasteiger partial charge in [-0.2, -0.15) is 13.2 Å². The van der Waals surface area contributed by atoms with Crippen LogP contribution in [-0.4, -0.2) is 46.4 Å². The molecular weight excluding hydrogens is 634 g/mol. The van der Waals surface area contributed by atoms with E-state index in [0.717, 1.165) is 28.3 Å². The summed E-state index contributed by atoms with van der Waals surface area (Å²) in [4.78, 5) is 33.6. The van der Waals surface area contributed by atoms with Crippen LogP contribution in [-0.2, 0) is 11.6 Å². The number of halogens is 3. The van der Waals surface area contributed by atoms with Crippen molar-refractivity contribution in [3.8, 4) is 11.1 Å². The van der Waals surface area contributed by atoms with Gasteiger partial charge in [0.05, 0.1) is 17.2 Å². The zero-order chi connectivity index (χ0) is 33.7. The zero-order valence-corrected chi connectivity index (χ0v) is 27.0. The maximum atomic E-state index is 13.6. The summed E-state index contributed by atoms with van der Waals surface area (Å²) in [6.07, 6.45) is -2.41. The Labute approximate surface area is 281 Å². The van der Waals surface area contributed by atoms with Crippen LogP contribution in [0, 0.1) is 0 Å². The average molecular weight is 669 g/mol. The molecule has 1 aromatic heterocycles. The molecule has 1 aliphatic rings. The predicted octanol–water partition coefficient (Wildman–Crippen LogP) is 8.79. The van der Waals surface area contributed by atoms with E-state index in [2.05, 4.69) is 0 Å². The fraction of sp³-hybridized carbons (Fsp3) is 0.256. The third-order valence-corrected chi connectivity index (χ3v) is 10.3. The number of Topliss-reactive ketones (excluding diaryl/α,β-unsaturated/α-hetero) is 1. The first kappa shape index (κ1) is 33.3. The highest BCUT2D eigenvalue weighted by Gasteiger charge is 2.35. The number of carbonyl (C=O) groups excluding carboxylic acids is 2. The first-order valence-electron chi connectivity index (χ1n) is 16.0. The highest BCUT2D eigenvalue weighted by atomic mass is 32.1. The number of aliphatic hydroxyl groups excluding tert-OH is 1. The minimum atomic E-state index is -4.43. The molecule has 5 aromatic rings. The molecule has 2 heterocycles. The molecular formula is C39H35F3N2O3S. The molecule has 1 saturated heterocycles. The van der Waals surface area contributed by atoms with E-state index in [1.165, 1.54) is 23.5 Å². The molecule has 0 unspecified atom stereocenters. The Morgan fingerprint density at radius 1 is 0.792 bits per heavy atom. The SMILES string of the molecule is O=C(CCC(CO)(c1ccccc1)c1ccccc1)c1csc(C2CCN(C(=O)c3ccccc3-c3ccc(C(F)(F)F)cc3)CC2)n1. The van der Waals surface area contributed by atoms with Crippen LogP contribution >= 0.6 is 11.3 Å². The lowest BCUT2D eigenvalue weighted by Gasteiger charge is -2.33. The molecule has 246 valence electrons. The van der Waals surface area contributed by atoms with Crippen molar-refractivity contribution >= 4 is 23.0 Å². The minimum Gasteiger partial charge on any atom is -0.395 e. The van der Waals surface area contributed by atoms with Crippen molar-refractivity contribution in [1.82, 2.24) is 9.88 Å². The highest BCUT2D eigenvalue weighted by Crippen LogP contribution is 2.38. The van der Waals surface area contributed by atoms with E-state index in [-0.39, 0.29) is 30.6 Å². The van der Waals surface area contributed by atoms with Crippen molar-refractivity contribution in [2.24, 2.45) is 0 Å². The summed E-state index contributed by atoms with van der Waals surface area (Å²) >= 11 is 1.46. The third kappa shape index (κ3) is 6.98. The molecule has 1 amide bonds. The molecule has 0 spiro atoms. The second-order valence-electron chi connectivity index (χ2n) is 12.2. The van der Waals surface area contributed by atoms with Gasteiger partial charge in [-0.25, -0.2) is 4.98 Å². The summed E-state index contributed by atoms with van der Waals surface area (Å²) in [5, 5.41) is 13.4. The number of benzene rings is 4. The Bertz CT molecular complexity index is 1810. The van der Waals surface area contributed by atoms with Gasteiger partial charge in [0.15, 0.2) is 5.78 Å². The summed E-state index contributed by atoms with van der Waals surface area (Å²) in [5.41, 5.74) is 2.46. The van der Waals surface area contributed by atoms with Gasteiger partial charge in [-0.1, -0.05) is 91.0 Å². The van der Waals surface area contributed by atoms with Crippen molar-refractivity contribution < 1.29 is 27.9 Å². The van der Waals surface area contributed by atoms with Gasteiger partial charge < -0.3 is 10.0 Å². The molecule has 0 bridgehead atoms. The molecule has 9 heteroatoms. The summed E-state index contributed by atoms with van der Waals surface area (Å²) in [6, 6.07) is 31.4. The highest BCUT2D eigenvalue weighted by molar-refractivity contribution is 7.09. The predicted molar refractivity (Wildman–Crippen MR) is 181 cm³/mol. The second-order valence-corrected chi connectivity index (χ2v) is 13.0. The quantitative estimate of drug-likeness (QED) is 0.151. The number of carbonyl (C=O) groups is 2. The van der Waals surface area contributed by atoms with Gasteiger partial charge in [0.25, 0.3) is 5.91 Å². The minimum absolute atomic E-state index is 0.0744. The number of aromatic nitrogens is 1. The molecule has 0 aliphatic carbocycles. The Morgan fingerprint density at radius 3 is 1.96 bits per heavy atom. The number of likely N-dealkylation sites (tertiary alicyclic amines) is 1. The number of rotatable bonds is 10. The largest absolute Gasteiger partial charge is 0.416 e. The number of amides is 1. The van der Waals surface area contributed by atoms with Crippen molar-refractivity contribution in [3.63, 3.8) is 0 Å². The number of alkyl halides is 3. The maximum Gasteiger partial charge on any atom is 0.416 e. The van der Waals surface area contributed by atoms with Crippen LogP contribution in [0.4, 0.5) is 13.2 Å². The lowest BCUT2D eigenvalue weighted by molar-refractivity contribution is -0.137. The van der Waals surface area contributed by atoms with Crippen molar-refractivity contribution in [1.29, 1.82) is 0 Å². The summed E-state index contributed by atoms with van der Waals surface area (Å²) in [5.74, 6) is -0.131. The van der Waals surface area contributed by atoms with E-state index in [1.807, 2.05) is 60.7 Å². The average Bonchev–Trinajstić information content (AvgIpc) is 3.63. The molecule has 48 heavy (non-hydrogen) atoms. The van der Waals surface area contributed by atoms with E-state index in [4.69, 9.17) is 4.98 Å². The molecule has 5 nitrogen and oxygen atoms in total. The number of nitrogens with zero attached hydrogens (tertiary/aromatic N) is 2. The van der Waals surface area contributed by atoms with Gasteiger partial charge >= 0.3 is 6.18 Å². The lowest BCUT2D eigenvalue weighted by Crippen LogP contribution is -2.38. The van der Waals surface area contributed by atoms with E-state index < -0.39 is 17.2 Å². The van der Waals surface area contributed by atoms with E-state index in [0.29, 0.717) is 54.7 Å². The Balaban J connectivity index is 1.10. The van der Waals surface area contributed by atoms with Gasteiger partial charge in [0.2, 0.25) is 0 Å². The van der Waals surface area contributed by atoms with Crippen LogP contribution in [0.25, 0.3) is 11.1 Å². The maximum absolute atomic E-state index is 13.6. The van der Waals surface area contributed by atoms with Crippen LogP contribution in [0.15, 0.2) is 115 Å². The van der Waals surface area contributed by atoms with Crippen LogP contribution < -0.4 is 0 Å². The van der Waals surface area contributed by atoms with Gasteiger partial charge in [-0.05, 0) is 59.7 Å². The van der Waals surface area contributed by atoms with Crippen LogP contribution in [0.3, 0.4) is 0 Å². The topological polar surface area (TPSA) is 70.5 Å². The Morgan fingerprint density at radius 2 is 1.38 bits per heavy atom. The standard InChI is InChI=1S/C39H35F3N2O3S/c40-39(41,42)31-17-15-27(16-18-31)32-13-7-8-14-33(32)37(47)44-23-20-28(21-24-44)36-43-34(25-48-36)35(46)19-22-38(26-45,29-9-3-1-4-10-29)30-11-5-2-6-12-30/h1-18,25,28,45H,19-24,26H2. The van der Waals surface area contributed by atoms with E-state index >= 15 is 0 Å². The zero-order valence-electron chi connectivity index (χ0n) is 26.2. The molecule has 4 aromatic carbocycles. The van der Waals surface area contributed by atoms with Crippen LogP contribution in [0.1, 0.15) is 74.1 Å². The normalized spacial score (nSPS) is 14.2. The Kier molecular flexibility index (Phi) is 9.89. The van der Waals surface area contributed by atoms with E-state index in [1.54, 1.807) is 34.5 Å². The second kappa shape index (κ2) is 14.3. The Hall–Kier alpha value is -4.60. The van der Waals surface area contributed by atoms with E-state index in [9.17, 15) is 27.9 Å². The van der Waals surface area contributed by atoms with Gasteiger partial charge in [-0.15, -0.1) is 11.3 Å². The molecule has 0 saturated carbocycles. The van der Waals surface area contributed by atoms with Gasteiger partial charge in [0.1, 0.15) is 5.69 Å². The smallest absolute Gasteiger partial charge is 0.395 e. The molecule has 6 rings (SSSR count). The fourth-order valence-corrected chi connectivity index (χ4v) is 7.55. The number of thiazole rings is 1. The number of hydrogen-bond acceptors (Lipinski definition) is 5. The van der Waals surface area contributed by atoms with Crippen LogP contribution in [0.5, 0.6) is 0 Å². The molecule has 1 fully saturated rings. The molecule has 0 atom stereocenters. The lowest BCUT2D eigenvalue weighted by atomic mass is 9.71. The third-order valence-electron chi connectivity index (χ3n) is 9.32. The number of aliphatic hydroxyl groups is 1. The van der Waals surface area contributed by atoms with Gasteiger partial charge in [0, 0.05) is 41.8 Å². The van der Waals surface area contributed by atoms with Crippen LogP contribution in [0.2, 0.25) is 0 Å². The summed E-state index contributed by atoms with van der Waals surface area (Å²) in [6.45, 7) is 0.866. The number of hydrogen-bond donors (Lipinski definition) is 1. The van der Waals surface area contributed by atoms with Crippen molar-refractivity contribution in [2.75, 3.05) is 19.7 Å². The molecule has 0 radical (unpaired) electrons. The monoisotopic (exact) mass is 668 g/mol. The first-order valence-corrected chi connectivity index (χ1v) is 16.8. The van der Waals surface area contributed by atoms with Crippen molar-refractivity contribution in [2.45, 2.75) is 43.2 Å². The summed E-state index contributed by atoms with van der Waals surface area (Å²) in [7, 11) is 0. The number of piperidine rings is 1. The molecule has 1 aliphatic heterocycles. The van der Waals surface area contributed by atoms with Gasteiger partial charge in [-0.3, -0.25) is 9.59 Å². The molecule has 1 N–H and O–H groups in total. The first-order chi connectivity index (χ1) is 23.2. The fourth-order valence-electron chi connectivity index (χ4n) is 6.55.